The number of rotatable bonds is 0. The number of hydrogen-bond donors (Lipinski definition) is 4. The minimum atomic E-state index is -0.571. The summed E-state index contributed by atoms with van der Waals surface area (Å²) in [5.41, 5.74) is 1.61. The zero-order valence-electron chi connectivity index (χ0n) is 19.1. The molecule has 1 aromatic carbocycles. The van der Waals surface area contributed by atoms with Crippen LogP contribution in [0.2, 0.25) is 5.02 Å². The lowest BCUT2D eigenvalue weighted by Gasteiger charge is -2.28. The highest BCUT2D eigenvalue weighted by Crippen LogP contribution is 2.35. The highest BCUT2D eigenvalue weighted by atomic mass is 35.5. The van der Waals surface area contributed by atoms with Crippen LogP contribution >= 0.6 is 11.6 Å². The number of amides is 2. The van der Waals surface area contributed by atoms with Crippen molar-refractivity contribution < 1.29 is 19.4 Å². The van der Waals surface area contributed by atoms with E-state index in [0.29, 0.717) is 78.4 Å². The number of halogens is 1. The van der Waals surface area contributed by atoms with Crippen LogP contribution in [-0.4, -0.2) is 88.7 Å². The summed E-state index contributed by atoms with van der Waals surface area (Å²) < 4.78 is 5.92. The molecule has 4 N–H and O–H groups in total. The number of hydrogen-bond acceptors (Lipinski definition) is 9. The number of fused-ring (bicyclic) bond motifs is 3. The van der Waals surface area contributed by atoms with Gasteiger partial charge in [0.25, 0.3) is 5.91 Å². The molecule has 184 valence electrons. The molecule has 1 aromatic heterocycles. The van der Waals surface area contributed by atoms with Gasteiger partial charge in [-0.1, -0.05) is 11.6 Å². The van der Waals surface area contributed by atoms with Gasteiger partial charge < -0.3 is 30.7 Å². The summed E-state index contributed by atoms with van der Waals surface area (Å²) in [7, 11) is 1.73. The summed E-state index contributed by atoms with van der Waals surface area (Å²) in [6.07, 6.45) is 2.77. The van der Waals surface area contributed by atoms with E-state index in [1.165, 1.54) is 6.33 Å². The maximum atomic E-state index is 13.2. The maximum absolute atomic E-state index is 13.2. The standard InChI is InChI=1S/C23H26ClN7O4/c1-30-5-4-25-20-19-15(22(33)29-21(19)28-12-27-20)10-26-13-2-3-16(24)18(8-13)35-7-6-31-11-14(32)9-17(31)23(30)34/h2-3,8,10,12,14,17,26,32H,4-7,9,11H2,1H3,(H2,25,27,28,29,33)/b15-10-/t14-,17-/m1/s1. The number of aliphatic hydroxyl groups excluding tert-OH is 1. The number of nitrogens with zero attached hydrogens (tertiary/aromatic N) is 4. The molecule has 35 heavy (non-hydrogen) atoms. The van der Waals surface area contributed by atoms with Gasteiger partial charge in [-0.15, -0.1) is 0 Å². The smallest absolute Gasteiger partial charge is 0.259 e. The maximum Gasteiger partial charge on any atom is 0.259 e. The van der Waals surface area contributed by atoms with Crippen molar-refractivity contribution in [3.8, 4) is 5.75 Å². The Balaban J connectivity index is 1.48. The second-order valence-corrected chi connectivity index (χ2v) is 9.09. The van der Waals surface area contributed by atoms with Crippen molar-refractivity contribution in [3.05, 3.63) is 41.3 Å². The minimum Gasteiger partial charge on any atom is -0.491 e. The fraction of sp³-hybridized carbons (Fsp3) is 0.391. The number of ether oxygens (including phenoxy) is 1. The van der Waals surface area contributed by atoms with Crippen LogP contribution in [0.1, 0.15) is 12.0 Å². The predicted molar refractivity (Wildman–Crippen MR) is 131 cm³/mol. The second-order valence-electron chi connectivity index (χ2n) is 8.68. The topological polar surface area (TPSA) is 132 Å². The molecule has 2 bridgehead atoms. The van der Waals surface area contributed by atoms with Crippen LogP contribution in [0, 0.1) is 0 Å². The Kier molecular flexibility index (Phi) is 6.46. The molecule has 0 saturated carbocycles. The number of likely N-dealkylation sites (N-methyl/N-ethyl adjacent to an activating group) is 1. The Hall–Kier alpha value is -3.41. The van der Waals surface area contributed by atoms with E-state index in [-0.39, 0.29) is 11.8 Å². The molecule has 5 rings (SSSR count). The highest BCUT2D eigenvalue weighted by molar-refractivity contribution is 6.33. The van der Waals surface area contributed by atoms with Crippen LogP contribution in [0.3, 0.4) is 0 Å². The predicted octanol–water partition coefficient (Wildman–Crippen LogP) is 1.23. The van der Waals surface area contributed by atoms with Crippen LogP contribution in [0.4, 0.5) is 17.3 Å². The van der Waals surface area contributed by atoms with Crippen LogP contribution in [0.15, 0.2) is 30.7 Å². The Morgan fingerprint density at radius 3 is 2.89 bits per heavy atom. The van der Waals surface area contributed by atoms with Gasteiger partial charge in [0.15, 0.2) is 0 Å². The van der Waals surface area contributed by atoms with Gasteiger partial charge >= 0.3 is 0 Å². The van der Waals surface area contributed by atoms with E-state index in [2.05, 4.69) is 25.9 Å². The first-order valence-electron chi connectivity index (χ1n) is 11.4. The molecular formula is C23H26ClN7O4. The summed E-state index contributed by atoms with van der Waals surface area (Å²) >= 11 is 6.33. The number of carbonyl (C=O) groups excluding carboxylic acids is 2. The Bertz CT molecular complexity index is 1190. The lowest BCUT2D eigenvalue weighted by Crippen LogP contribution is -2.46. The quantitative estimate of drug-likeness (QED) is 0.422. The van der Waals surface area contributed by atoms with Crippen molar-refractivity contribution in [1.29, 1.82) is 0 Å². The normalized spacial score (nSPS) is 24.5. The van der Waals surface area contributed by atoms with Gasteiger partial charge in [0.1, 0.15) is 30.3 Å². The molecular weight excluding hydrogens is 474 g/mol. The number of benzene rings is 1. The fourth-order valence-electron chi connectivity index (χ4n) is 4.52. The molecule has 2 aromatic rings. The van der Waals surface area contributed by atoms with E-state index < -0.39 is 12.1 Å². The highest BCUT2D eigenvalue weighted by Gasteiger charge is 2.37. The summed E-state index contributed by atoms with van der Waals surface area (Å²) in [6, 6.07) is 4.79. The van der Waals surface area contributed by atoms with E-state index in [4.69, 9.17) is 16.3 Å². The first-order chi connectivity index (χ1) is 16.9. The van der Waals surface area contributed by atoms with E-state index >= 15 is 0 Å². The lowest BCUT2D eigenvalue weighted by atomic mass is 10.1. The monoisotopic (exact) mass is 499 g/mol. The molecule has 0 aliphatic carbocycles. The molecule has 1 saturated heterocycles. The summed E-state index contributed by atoms with van der Waals surface area (Å²) in [5.74, 6) is 0.997. The van der Waals surface area contributed by atoms with Gasteiger partial charge in [0.2, 0.25) is 5.91 Å². The van der Waals surface area contributed by atoms with Crippen LogP contribution < -0.4 is 20.7 Å². The number of aliphatic hydroxyl groups is 1. The molecule has 0 radical (unpaired) electrons. The Morgan fingerprint density at radius 1 is 1.20 bits per heavy atom. The molecule has 3 aliphatic rings. The van der Waals surface area contributed by atoms with Crippen molar-refractivity contribution in [3.63, 3.8) is 0 Å². The first-order valence-corrected chi connectivity index (χ1v) is 11.7. The van der Waals surface area contributed by atoms with Crippen molar-refractivity contribution in [2.75, 3.05) is 55.8 Å². The van der Waals surface area contributed by atoms with E-state index in [0.717, 1.165) is 0 Å². The summed E-state index contributed by atoms with van der Waals surface area (Å²) in [5, 5.41) is 19.8. The van der Waals surface area contributed by atoms with Gasteiger partial charge in [-0.05, 0) is 18.6 Å². The summed E-state index contributed by atoms with van der Waals surface area (Å²) in [6.45, 7) is 1.99. The van der Waals surface area contributed by atoms with E-state index in [1.807, 2.05) is 4.90 Å². The van der Waals surface area contributed by atoms with Gasteiger partial charge in [0.05, 0.1) is 28.3 Å². The molecule has 1 fully saturated rings. The molecule has 4 heterocycles. The van der Waals surface area contributed by atoms with Gasteiger partial charge in [-0.3, -0.25) is 14.5 Å². The zero-order valence-corrected chi connectivity index (χ0v) is 19.9. The molecule has 12 heteroatoms. The van der Waals surface area contributed by atoms with Crippen molar-refractivity contribution in [1.82, 2.24) is 19.8 Å². The average molecular weight is 500 g/mol. The Morgan fingerprint density at radius 2 is 2.03 bits per heavy atom. The number of anilines is 3. The SMILES string of the molecule is CN1CCNc2ncnc3c2/C(=C/Nc2ccc(Cl)c(c2)OCCN2C[C@H](O)C[C@@H]2C1=O)C(=O)N3. The van der Waals surface area contributed by atoms with Crippen LogP contribution in [0.5, 0.6) is 5.75 Å². The number of nitrogens with one attached hydrogen (secondary N) is 3. The van der Waals surface area contributed by atoms with Crippen molar-refractivity contribution >= 4 is 46.3 Å². The zero-order chi connectivity index (χ0) is 24.5. The average Bonchev–Trinajstić information content (AvgIpc) is 3.37. The van der Waals surface area contributed by atoms with Crippen LogP contribution in [0.25, 0.3) is 5.57 Å². The molecule has 0 unspecified atom stereocenters. The molecule has 11 nitrogen and oxygen atoms in total. The van der Waals surface area contributed by atoms with E-state index in [9.17, 15) is 14.7 Å². The third-order valence-corrected chi connectivity index (χ3v) is 6.64. The first kappa shape index (κ1) is 23.3. The molecule has 3 aliphatic heterocycles. The lowest BCUT2D eigenvalue weighted by molar-refractivity contribution is -0.134. The molecule has 0 spiro atoms. The Labute approximate surface area is 207 Å². The third-order valence-electron chi connectivity index (χ3n) is 6.33. The second kappa shape index (κ2) is 9.68. The van der Waals surface area contributed by atoms with Gasteiger partial charge in [0, 0.05) is 51.2 Å². The third kappa shape index (κ3) is 4.75. The van der Waals surface area contributed by atoms with Gasteiger partial charge in [-0.2, -0.15) is 0 Å². The fourth-order valence-corrected chi connectivity index (χ4v) is 4.69. The van der Waals surface area contributed by atoms with Crippen molar-refractivity contribution in [2.24, 2.45) is 0 Å². The minimum absolute atomic E-state index is 0.0703. The largest absolute Gasteiger partial charge is 0.491 e. The van der Waals surface area contributed by atoms with Crippen molar-refractivity contribution in [2.45, 2.75) is 18.6 Å². The number of aromatic nitrogens is 2. The molecule has 2 amide bonds. The number of carbonyl (C=O) groups is 2. The molecule has 2 atom stereocenters. The van der Waals surface area contributed by atoms with E-state index in [1.54, 1.807) is 36.3 Å². The summed E-state index contributed by atoms with van der Waals surface area (Å²) in [4.78, 5) is 37.9. The van der Waals surface area contributed by atoms with Gasteiger partial charge in [-0.25, -0.2) is 9.97 Å². The van der Waals surface area contributed by atoms with Crippen LogP contribution in [-0.2, 0) is 9.59 Å².